The molecule has 0 fully saturated rings. The summed E-state index contributed by atoms with van der Waals surface area (Å²) in [5.41, 5.74) is 2.55. The van der Waals surface area contributed by atoms with Crippen molar-refractivity contribution < 1.29 is 28.5 Å². The molecule has 0 bridgehead atoms. The molecule has 0 N–H and O–H groups in total. The molecule has 0 unspecified atom stereocenters. The zero-order chi connectivity index (χ0) is 24.3. The average molecular weight is 523 g/mol. The first-order valence-electron chi connectivity index (χ1n) is 10.3. The maximum atomic E-state index is 12.7. The fourth-order valence-electron chi connectivity index (χ4n) is 2.98. The Morgan fingerprint density at radius 1 is 0.735 bits per heavy atom. The first-order chi connectivity index (χ1) is 16.5. The van der Waals surface area contributed by atoms with Crippen LogP contribution >= 0.6 is 15.9 Å². The first kappa shape index (κ1) is 24.9. The normalized spacial score (nSPS) is 9.97. The molecular weight excluding hydrogens is 500 g/mol. The summed E-state index contributed by atoms with van der Waals surface area (Å²) >= 11 is 3.25. The van der Waals surface area contributed by atoms with Crippen molar-refractivity contribution in [3.8, 4) is 23.3 Å². The van der Waals surface area contributed by atoms with Gasteiger partial charge in [-0.25, -0.2) is 9.59 Å². The van der Waals surface area contributed by atoms with E-state index in [0.717, 1.165) is 11.1 Å². The van der Waals surface area contributed by atoms with Gasteiger partial charge in [-0.2, -0.15) is 0 Å². The fourth-order valence-corrected chi connectivity index (χ4v) is 3.12. The van der Waals surface area contributed by atoms with Gasteiger partial charge in [-0.3, -0.25) is 0 Å². The van der Waals surface area contributed by atoms with Gasteiger partial charge in [0.05, 0.1) is 30.7 Å². The summed E-state index contributed by atoms with van der Waals surface area (Å²) in [5, 5.41) is 0.455. The fraction of sp³-hybridized carbons (Fsp3) is 0.185. The van der Waals surface area contributed by atoms with Crippen LogP contribution < -0.4 is 9.47 Å². The Kier molecular flexibility index (Phi) is 9.12. The van der Waals surface area contributed by atoms with E-state index >= 15 is 0 Å². The Hall–Kier alpha value is -3.76. The molecule has 6 nitrogen and oxygen atoms in total. The minimum Gasteiger partial charge on any atom is -0.497 e. The second-order valence-electron chi connectivity index (χ2n) is 7.08. The van der Waals surface area contributed by atoms with Crippen molar-refractivity contribution in [2.75, 3.05) is 19.5 Å². The zero-order valence-electron chi connectivity index (χ0n) is 18.8. The van der Waals surface area contributed by atoms with Crippen LogP contribution in [-0.2, 0) is 22.7 Å². The summed E-state index contributed by atoms with van der Waals surface area (Å²) in [5.74, 6) is 6.08. The van der Waals surface area contributed by atoms with Crippen molar-refractivity contribution in [3.05, 3.63) is 94.5 Å². The molecule has 3 rings (SSSR count). The molecule has 0 heterocycles. The van der Waals surface area contributed by atoms with Crippen LogP contribution in [0.4, 0.5) is 0 Å². The summed E-state index contributed by atoms with van der Waals surface area (Å²) in [7, 11) is 3.17. The lowest BCUT2D eigenvalue weighted by Crippen LogP contribution is -2.10. The van der Waals surface area contributed by atoms with Gasteiger partial charge in [0, 0.05) is 5.56 Å². The minimum atomic E-state index is -0.567. The van der Waals surface area contributed by atoms with E-state index in [0.29, 0.717) is 22.4 Å². The number of carbonyl (C=O) groups is 2. The van der Waals surface area contributed by atoms with Crippen LogP contribution in [0.3, 0.4) is 0 Å². The second-order valence-corrected chi connectivity index (χ2v) is 7.64. The smallest absolute Gasteiger partial charge is 0.338 e. The summed E-state index contributed by atoms with van der Waals surface area (Å²) in [4.78, 5) is 25.4. The largest absolute Gasteiger partial charge is 0.497 e. The molecular formula is C27H23BrO6. The Morgan fingerprint density at radius 2 is 1.18 bits per heavy atom. The van der Waals surface area contributed by atoms with E-state index in [-0.39, 0.29) is 24.3 Å². The number of benzene rings is 3. The highest BCUT2D eigenvalue weighted by Crippen LogP contribution is 2.17. The Balaban J connectivity index is 1.73. The van der Waals surface area contributed by atoms with Crippen LogP contribution in [-0.4, -0.2) is 31.5 Å². The van der Waals surface area contributed by atoms with E-state index in [1.165, 1.54) is 6.07 Å². The SMILES string of the molecule is COc1ccc(COC(=O)c2cc(C#CCBr)cc(C(=O)OCc3ccc(OC)cc3)c2)cc1. The van der Waals surface area contributed by atoms with Gasteiger partial charge >= 0.3 is 11.9 Å². The van der Waals surface area contributed by atoms with Gasteiger partial charge in [-0.05, 0) is 53.6 Å². The number of rotatable bonds is 8. The van der Waals surface area contributed by atoms with Crippen molar-refractivity contribution in [1.82, 2.24) is 0 Å². The molecule has 7 heteroatoms. The van der Waals surface area contributed by atoms with Crippen molar-refractivity contribution >= 4 is 27.9 Å². The Morgan fingerprint density at radius 3 is 1.56 bits per heavy atom. The number of hydrogen-bond donors (Lipinski definition) is 0. The molecule has 0 spiro atoms. The molecule has 0 aliphatic carbocycles. The van der Waals surface area contributed by atoms with Gasteiger partial charge in [0.1, 0.15) is 24.7 Å². The van der Waals surface area contributed by atoms with E-state index in [2.05, 4.69) is 27.8 Å². The Bertz CT molecular complexity index is 1110. The van der Waals surface area contributed by atoms with Crippen molar-refractivity contribution in [2.24, 2.45) is 0 Å². The van der Waals surface area contributed by atoms with Crippen molar-refractivity contribution in [2.45, 2.75) is 13.2 Å². The average Bonchev–Trinajstić information content (AvgIpc) is 2.89. The predicted molar refractivity (Wildman–Crippen MR) is 131 cm³/mol. The monoisotopic (exact) mass is 522 g/mol. The summed E-state index contributed by atoms with van der Waals surface area (Å²) in [6.07, 6.45) is 0. The summed E-state index contributed by atoms with van der Waals surface area (Å²) < 4.78 is 21.1. The molecule has 3 aromatic carbocycles. The number of esters is 2. The summed E-state index contributed by atoms with van der Waals surface area (Å²) in [6.45, 7) is 0.161. The van der Waals surface area contributed by atoms with Gasteiger partial charge in [0.25, 0.3) is 0 Å². The third-order valence-corrected chi connectivity index (χ3v) is 5.04. The molecule has 34 heavy (non-hydrogen) atoms. The molecule has 3 aromatic rings. The van der Waals surface area contributed by atoms with Gasteiger partial charge < -0.3 is 18.9 Å². The molecule has 0 saturated heterocycles. The van der Waals surface area contributed by atoms with E-state index in [9.17, 15) is 9.59 Å². The number of methoxy groups -OCH3 is 2. The molecule has 174 valence electrons. The van der Waals surface area contributed by atoms with Crippen LogP contribution in [0.1, 0.15) is 37.4 Å². The molecule has 0 radical (unpaired) electrons. The van der Waals surface area contributed by atoms with Crippen molar-refractivity contribution in [3.63, 3.8) is 0 Å². The lowest BCUT2D eigenvalue weighted by atomic mass is 10.1. The highest BCUT2D eigenvalue weighted by molar-refractivity contribution is 9.09. The molecule has 0 aliphatic heterocycles. The van der Waals surface area contributed by atoms with E-state index in [4.69, 9.17) is 18.9 Å². The lowest BCUT2D eigenvalue weighted by Gasteiger charge is -2.09. The molecule has 0 atom stereocenters. The number of hydrogen-bond acceptors (Lipinski definition) is 6. The quantitative estimate of drug-likeness (QED) is 0.231. The van der Waals surface area contributed by atoms with Gasteiger partial charge in [-0.1, -0.05) is 52.0 Å². The van der Waals surface area contributed by atoms with Crippen LogP contribution in [0.5, 0.6) is 11.5 Å². The van der Waals surface area contributed by atoms with Crippen LogP contribution in [0.2, 0.25) is 0 Å². The molecule has 0 aromatic heterocycles. The van der Waals surface area contributed by atoms with E-state index in [1.807, 2.05) is 24.3 Å². The van der Waals surface area contributed by atoms with E-state index < -0.39 is 11.9 Å². The molecule has 0 saturated carbocycles. The number of carbonyl (C=O) groups excluding carboxylic acids is 2. The van der Waals surface area contributed by atoms with E-state index in [1.54, 1.807) is 50.6 Å². The molecule has 0 amide bonds. The van der Waals surface area contributed by atoms with Crippen LogP contribution in [0.15, 0.2) is 66.7 Å². The zero-order valence-corrected chi connectivity index (χ0v) is 20.4. The third kappa shape index (κ3) is 7.12. The number of ether oxygens (including phenoxy) is 4. The Labute approximate surface area is 206 Å². The first-order valence-corrected chi connectivity index (χ1v) is 11.4. The third-order valence-electron chi connectivity index (χ3n) is 4.76. The highest BCUT2D eigenvalue weighted by atomic mass is 79.9. The second kappa shape index (κ2) is 12.5. The standard InChI is InChI=1S/C27H23BrO6/c1-31-24-9-5-19(6-10-24)17-33-26(29)22-14-21(4-3-13-28)15-23(16-22)27(30)34-18-20-7-11-25(32-2)12-8-20/h5-12,14-16H,13,17-18H2,1-2H3. The lowest BCUT2D eigenvalue weighted by molar-refractivity contribution is 0.0470. The van der Waals surface area contributed by atoms with Gasteiger partial charge in [0.15, 0.2) is 0 Å². The molecule has 0 aliphatic rings. The van der Waals surface area contributed by atoms with Gasteiger partial charge in [-0.15, -0.1) is 0 Å². The maximum Gasteiger partial charge on any atom is 0.338 e. The maximum absolute atomic E-state index is 12.7. The number of halogens is 1. The van der Waals surface area contributed by atoms with Crippen LogP contribution in [0.25, 0.3) is 0 Å². The predicted octanol–water partition coefficient (Wildman–Crippen LogP) is 5.16. The highest BCUT2D eigenvalue weighted by Gasteiger charge is 2.15. The minimum absolute atomic E-state index is 0.0807. The van der Waals surface area contributed by atoms with Crippen molar-refractivity contribution in [1.29, 1.82) is 0 Å². The topological polar surface area (TPSA) is 71.1 Å². The number of alkyl halides is 1. The summed E-state index contributed by atoms with van der Waals surface area (Å²) in [6, 6.07) is 19.0. The van der Waals surface area contributed by atoms with Crippen LogP contribution in [0, 0.1) is 11.8 Å². The van der Waals surface area contributed by atoms with Gasteiger partial charge in [0.2, 0.25) is 0 Å².